The first kappa shape index (κ1) is 11.1. The molecule has 0 unspecified atom stereocenters. The Morgan fingerprint density at radius 1 is 1.21 bits per heavy atom. The van der Waals surface area contributed by atoms with Crippen LogP contribution in [0.2, 0.25) is 0 Å². The molecule has 0 spiro atoms. The van der Waals surface area contributed by atoms with Crippen LogP contribution in [0.25, 0.3) is 0 Å². The maximum Gasteiger partial charge on any atom is 0.270 e. The minimum Gasteiger partial charge on any atom is -0.299 e. The van der Waals surface area contributed by atoms with Crippen LogP contribution in [-0.4, -0.2) is 9.78 Å². The van der Waals surface area contributed by atoms with E-state index in [0.717, 1.165) is 11.3 Å². The summed E-state index contributed by atoms with van der Waals surface area (Å²) in [6.07, 6.45) is 0. The Kier molecular flexibility index (Phi) is 3.19. The molecule has 0 aliphatic heterocycles. The Balaban J connectivity index is 3.35. The first-order valence-electron chi connectivity index (χ1n) is 5.31. The fourth-order valence-electron chi connectivity index (χ4n) is 1.74. The topological polar surface area (TPSA) is 37.8 Å². The number of aromatic amines is 1. The summed E-state index contributed by atoms with van der Waals surface area (Å²) in [5.41, 5.74) is 2.18. The molecule has 3 nitrogen and oxygen atoms in total. The molecule has 80 valence electrons. The van der Waals surface area contributed by atoms with Crippen LogP contribution < -0.4 is 5.56 Å². The lowest BCUT2D eigenvalue weighted by molar-refractivity contribution is 0.618. The maximum absolute atomic E-state index is 11.9. The van der Waals surface area contributed by atoms with Crippen LogP contribution in [0.1, 0.15) is 57.7 Å². The van der Waals surface area contributed by atoms with Gasteiger partial charge in [-0.3, -0.25) is 14.6 Å². The molecular formula is C11H20N2O. The quantitative estimate of drug-likeness (QED) is 0.792. The molecule has 0 aromatic carbocycles. The van der Waals surface area contributed by atoms with Crippen LogP contribution in [0, 0.1) is 0 Å². The minimum atomic E-state index is 0.145. The van der Waals surface area contributed by atoms with Gasteiger partial charge in [0.1, 0.15) is 0 Å². The van der Waals surface area contributed by atoms with Gasteiger partial charge in [0, 0.05) is 17.8 Å². The van der Waals surface area contributed by atoms with E-state index in [1.165, 1.54) is 0 Å². The molecule has 3 heteroatoms. The average Bonchev–Trinajstić information content (AvgIpc) is 2.42. The normalized spacial score (nSPS) is 11.6. The summed E-state index contributed by atoms with van der Waals surface area (Å²) >= 11 is 0. The Morgan fingerprint density at radius 3 is 2.07 bits per heavy atom. The fourth-order valence-corrected chi connectivity index (χ4v) is 1.74. The molecule has 0 aliphatic carbocycles. The molecule has 1 aromatic heterocycles. The number of aryl methyl sites for hydroxylation is 1. The molecule has 0 amide bonds. The van der Waals surface area contributed by atoms with Crippen molar-refractivity contribution >= 4 is 0 Å². The zero-order valence-corrected chi connectivity index (χ0v) is 9.72. The Bertz CT molecular complexity index is 358. The molecule has 0 radical (unpaired) electrons. The van der Waals surface area contributed by atoms with E-state index in [9.17, 15) is 4.79 Å². The van der Waals surface area contributed by atoms with Crippen LogP contribution in [-0.2, 0) is 6.54 Å². The smallest absolute Gasteiger partial charge is 0.270 e. The van der Waals surface area contributed by atoms with Crippen molar-refractivity contribution in [1.29, 1.82) is 0 Å². The van der Waals surface area contributed by atoms with E-state index in [0.29, 0.717) is 18.4 Å². The third-order valence-electron chi connectivity index (χ3n) is 2.49. The second kappa shape index (κ2) is 4.03. The van der Waals surface area contributed by atoms with Gasteiger partial charge in [0.25, 0.3) is 5.56 Å². The van der Waals surface area contributed by atoms with E-state index >= 15 is 0 Å². The molecule has 0 bridgehead atoms. The summed E-state index contributed by atoms with van der Waals surface area (Å²) in [6.45, 7) is 11.0. The van der Waals surface area contributed by atoms with Gasteiger partial charge in [0.15, 0.2) is 0 Å². The van der Waals surface area contributed by atoms with Crippen LogP contribution >= 0.6 is 0 Å². The third kappa shape index (κ3) is 1.76. The van der Waals surface area contributed by atoms with Gasteiger partial charge in [-0.2, -0.15) is 0 Å². The lowest BCUT2D eigenvalue weighted by Crippen LogP contribution is -2.18. The molecule has 0 aliphatic rings. The second-order valence-electron chi connectivity index (χ2n) is 4.30. The number of nitrogens with zero attached hydrogens (tertiary/aromatic N) is 1. The van der Waals surface area contributed by atoms with Crippen molar-refractivity contribution in [3.05, 3.63) is 21.6 Å². The predicted octanol–water partition coefficient (Wildman–Crippen LogP) is 2.44. The standard InChI is InChI=1S/C11H20N2O/c1-6-13-11(14)9(7(2)3)10(12-13)8(4)5/h7-8,12H,6H2,1-5H3. The highest BCUT2D eigenvalue weighted by molar-refractivity contribution is 5.23. The molecule has 0 saturated carbocycles. The summed E-state index contributed by atoms with van der Waals surface area (Å²) in [5, 5.41) is 3.18. The van der Waals surface area contributed by atoms with Gasteiger partial charge >= 0.3 is 0 Å². The molecule has 0 atom stereocenters. The highest BCUT2D eigenvalue weighted by atomic mass is 16.1. The maximum atomic E-state index is 11.9. The van der Waals surface area contributed by atoms with Gasteiger partial charge in [-0.05, 0) is 18.8 Å². The van der Waals surface area contributed by atoms with Crippen LogP contribution in [0.3, 0.4) is 0 Å². The summed E-state index contributed by atoms with van der Waals surface area (Å²) in [7, 11) is 0. The number of hydrogen-bond acceptors (Lipinski definition) is 1. The van der Waals surface area contributed by atoms with Gasteiger partial charge < -0.3 is 0 Å². The molecule has 1 heterocycles. The van der Waals surface area contributed by atoms with Gasteiger partial charge in [-0.1, -0.05) is 27.7 Å². The van der Waals surface area contributed by atoms with Gasteiger partial charge in [0.05, 0.1) is 0 Å². The molecule has 1 rings (SSSR count). The molecular weight excluding hydrogens is 176 g/mol. The summed E-state index contributed by atoms with van der Waals surface area (Å²) in [6, 6.07) is 0. The molecule has 1 aromatic rings. The Hall–Kier alpha value is -0.990. The minimum absolute atomic E-state index is 0.145. The first-order chi connectivity index (χ1) is 6.49. The summed E-state index contributed by atoms with van der Waals surface area (Å²) in [4.78, 5) is 11.9. The fraction of sp³-hybridized carbons (Fsp3) is 0.727. The van der Waals surface area contributed by atoms with Crippen molar-refractivity contribution in [3.8, 4) is 0 Å². The first-order valence-corrected chi connectivity index (χ1v) is 5.31. The van der Waals surface area contributed by atoms with Crippen molar-refractivity contribution in [2.75, 3.05) is 0 Å². The predicted molar refractivity (Wildman–Crippen MR) is 58.9 cm³/mol. The molecule has 0 fully saturated rings. The van der Waals surface area contributed by atoms with E-state index in [1.807, 2.05) is 6.92 Å². The summed E-state index contributed by atoms with van der Waals surface area (Å²) in [5.74, 6) is 0.678. The number of nitrogens with one attached hydrogen (secondary N) is 1. The van der Waals surface area contributed by atoms with E-state index in [1.54, 1.807) is 4.68 Å². The Morgan fingerprint density at radius 2 is 1.79 bits per heavy atom. The number of rotatable bonds is 3. The van der Waals surface area contributed by atoms with Crippen molar-refractivity contribution in [2.45, 2.75) is 53.0 Å². The van der Waals surface area contributed by atoms with Crippen LogP contribution in [0.15, 0.2) is 4.79 Å². The lowest BCUT2D eigenvalue weighted by atomic mass is 9.98. The average molecular weight is 196 g/mol. The highest BCUT2D eigenvalue weighted by Crippen LogP contribution is 2.21. The SMILES string of the molecule is CCn1[nH]c(C(C)C)c(C(C)C)c1=O. The second-order valence-corrected chi connectivity index (χ2v) is 4.30. The zero-order valence-electron chi connectivity index (χ0n) is 9.72. The van der Waals surface area contributed by atoms with E-state index in [2.05, 4.69) is 32.8 Å². The van der Waals surface area contributed by atoms with Gasteiger partial charge in [-0.25, -0.2) is 0 Å². The van der Waals surface area contributed by atoms with E-state index < -0.39 is 0 Å². The van der Waals surface area contributed by atoms with Crippen molar-refractivity contribution in [3.63, 3.8) is 0 Å². The highest BCUT2D eigenvalue weighted by Gasteiger charge is 2.18. The van der Waals surface area contributed by atoms with Gasteiger partial charge in [0.2, 0.25) is 0 Å². The van der Waals surface area contributed by atoms with Gasteiger partial charge in [-0.15, -0.1) is 0 Å². The number of aromatic nitrogens is 2. The largest absolute Gasteiger partial charge is 0.299 e. The van der Waals surface area contributed by atoms with Crippen molar-refractivity contribution in [2.24, 2.45) is 0 Å². The monoisotopic (exact) mass is 196 g/mol. The molecule has 1 N–H and O–H groups in total. The zero-order chi connectivity index (χ0) is 10.9. The molecule has 0 saturated heterocycles. The van der Waals surface area contributed by atoms with Crippen molar-refractivity contribution in [1.82, 2.24) is 9.78 Å². The van der Waals surface area contributed by atoms with Crippen LogP contribution in [0.4, 0.5) is 0 Å². The molecule has 14 heavy (non-hydrogen) atoms. The third-order valence-corrected chi connectivity index (χ3v) is 2.49. The van der Waals surface area contributed by atoms with Crippen molar-refractivity contribution < 1.29 is 0 Å². The Labute approximate surface area is 85.1 Å². The van der Waals surface area contributed by atoms with Crippen LogP contribution in [0.5, 0.6) is 0 Å². The summed E-state index contributed by atoms with van der Waals surface area (Å²) < 4.78 is 1.69. The number of H-pyrrole nitrogens is 1. The lowest BCUT2D eigenvalue weighted by Gasteiger charge is -2.07. The van der Waals surface area contributed by atoms with E-state index in [-0.39, 0.29) is 5.56 Å². The number of hydrogen-bond donors (Lipinski definition) is 1. The van der Waals surface area contributed by atoms with E-state index in [4.69, 9.17) is 0 Å².